The van der Waals surface area contributed by atoms with E-state index in [0.29, 0.717) is 24.2 Å². The molecule has 2 bridgehead atoms. The quantitative estimate of drug-likeness (QED) is 0.582. The molecule has 2 unspecified atom stereocenters. The summed E-state index contributed by atoms with van der Waals surface area (Å²) in [4.78, 5) is 13.5. The number of nitrogens with zero attached hydrogens (tertiary/aromatic N) is 1. The minimum absolute atomic E-state index is 0.0933. The Bertz CT molecular complexity index is 538. The number of piperidine rings is 1. The number of carbonyl (C=O) groups is 1. The third kappa shape index (κ3) is 2.79. The number of rotatable bonds is 3. The summed E-state index contributed by atoms with van der Waals surface area (Å²) in [6, 6.07) is 4.87. The Morgan fingerprint density at radius 2 is 2.00 bits per heavy atom. The van der Waals surface area contributed by atoms with Crippen molar-refractivity contribution >= 4 is 5.91 Å². The highest BCUT2D eigenvalue weighted by atomic mass is 19.1. The van der Waals surface area contributed by atoms with Crippen LogP contribution in [0.1, 0.15) is 41.6 Å². The van der Waals surface area contributed by atoms with Gasteiger partial charge in [0.15, 0.2) is 0 Å². The lowest BCUT2D eigenvalue weighted by Crippen LogP contribution is -2.44. The van der Waals surface area contributed by atoms with Crippen LogP contribution in [0.2, 0.25) is 0 Å². The van der Waals surface area contributed by atoms with Crippen LogP contribution in [-0.4, -0.2) is 39.3 Å². The fraction of sp³-hybridized carbons (Fsp3) is 0.533. The van der Waals surface area contributed by atoms with Crippen LogP contribution in [-0.2, 0) is 6.54 Å². The van der Waals surface area contributed by atoms with E-state index in [1.54, 1.807) is 6.07 Å². The van der Waals surface area contributed by atoms with Crippen LogP contribution in [0.4, 0.5) is 4.39 Å². The second-order valence-electron chi connectivity index (χ2n) is 5.93. The molecule has 5 nitrogen and oxygen atoms in total. The average molecular weight is 294 g/mol. The molecule has 6 heteroatoms. The normalized spacial score (nSPS) is 28.6. The molecule has 0 spiro atoms. The zero-order chi connectivity index (χ0) is 15.0. The number of amides is 1. The number of fused-ring (bicyclic) bond motifs is 2. The minimum atomic E-state index is -0.721. The molecule has 2 aliphatic rings. The average Bonchev–Trinajstić information content (AvgIpc) is 2.70. The van der Waals surface area contributed by atoms with Crippen molar-refractivity contribution in [3.63, 3.8) is 0 Å². The second kappa shape index (κ2) is 5.71. The summed E-state index contributed by atoms with van der Waals surface area (Å²) in [6.45, 7) is 0.495. The maximum absolute atomic E-state index is 14.1. The van der Waals surface area contributed by atoms with E-state index in [9.17, 15) is 14.3 Å². The molecule has 114 valence electrons. The number of hydroxylamine groups is 1. The first-order valence-electron chi connectivity index (χ1n) is 7.25. The van der Waals surface area contributed by atoms with Crippen LogP contribution in [0.3, 0.4) is 0 Å². The van der Waals surface area contributed by atoms with E-state index in [1.807, 2.05) is 0 Å². The molecule has 1 amide bonds. The molecule has 0 aromatic heterocycles. The highest BCUT2D eigenvalue weighted by Gasteiger charge is 2.40. The third-order valence-corrected chi connectivity index (χ3v) is 4.63. The van der Waals surface area contributed by atoms with Gasteiger partial charge in [-0.25, -0.2) is 9.87 Å². The lowest BCUT2D eigenvalue weighted by atomic mass is 9.99. The number of hydrogen-bond donors (Lipinski definition) is 3. The molecule has 1 aromatic rings. The monoisotopic (exact) mass is 294 g/mol. The Balaban J connectivity index is 1.75. The van der Waals surface area contributed by atoms with Crippen molar-refractivity contribution in [2.75, 3.05) is 0 Å². The smallest absolute Gasteiger partial charge is 0.274 e. The number of halogens is 1. The highest BCUT2D eigenvalue weighted by molar-refractivity contribution is 5.93. The van der Waals surface area contributed by atoms with Crippen LogP contribution in [0, 0.1) is 5.82 Å². The molecule has 3 N–H and O–H groups in total. The van der Waals surface area contributed by atoms with Gasteiger partial charge >= 0.3 is 0 Å². The number of benzene rings is 1. The van der Waals surface area contributed by atoms with Crippen molar-refractivity contribution in [3.05, 3.63) is 35.1 Å². The van der Waals surface area contributed by atoms with E-state index in [2.05, 4.69) is 4.90 Å². The van der Waals surface area contributed by atoms with Crippen molar-refractivity contribution < 1.29 is 19.5 Å². The summed E-state index contributed by atoms with van der Waals surface area (Å²) in [5, 5.41) is 18.3. The highest BCUT2D eigenvalue weighted by Crippen LogP contribution is 2.37. The summed E-state index contributed by atoms with van der Waals surface area (Å²) >= 11 is 0. The zero-order valence-electron chi connectivity index (χ0n) is 11.6. The Hall–Kier alpha value is -1.50. The predicted molar refractivity (Wildman–Crippen MR) is 73.2 cm³/mol. The molecule has 2 aliphatic heterocycles. The molecule has 21 heavy (non-hydrogen) atoms. The largest absolute Gasteiger partial charge is 0.393 e. The number of aliphatic hydroxyl groups is 1. The fourth-order valence-corrected chi connectivity index (χ4v) is 3.58. The van der Waals surface area contributed by atoms with Crippen LogP contribution in [0.25, 0.3) is 0 Å². The Morgan fingerprint density at radius 3 is 2.57 bits per heavy atom. The number of aliphatic hydroxyl groups excluding tert-OH is 1. The van der Waals surface area contributed by atoms with Crippen LogP contribution >= 0.6 is 0 Å². The van der Waals surface area contributed by atoms with Crippen molar-refractivity contribution in [1.82, 2.24) is 10.4 Å². The van der Waals surface area contributed by atoms with E-state index in [4.69, 9.17) is 5.21 Å². The van der Waals surface area contributed by atoms with Gasteiger partial charge in [0, 0.05) is 29.8 Å². The predicted octanol–water partition coefficient (Wildman–Crippen LogP) is 1.43. The second-order valence-corrected chi connectivity index (χ2v) is 5.93. The van der Waals surface area contributed by atoms with Gasteiger partial charge in [-0.1, -0.05) is 6.07 Å². The SMILES string of the molecule is O=C(NO)c1ccc(CN2C3CCC2CC(O)C3)c(F)c1. The summed E-state index contributed by atoms with van der Waals surface area (Å²) in [6.07, 6.45) is 3.37. The molecule has 0 aliphatic carbocycles. The third-order valence-electron chi connectivity index (χ3n) is 4.63. The van der Waals surface area contributed by atoms with Crippen molar-refractivity contribution in [1.29, 1.82) is 0 Å². The summed E-state index contributed by atoms with van der Waals surface area (Å²) < 4.78 is 14.1. The fourth-order valence-electron chi connectivity index (χ4n) is 3.58. The van der Waals surface area contributed by atoms with Gasteiger partial charge in [-0.15, -0.1) is 0 Å². The van der Waals surface area contributed by atoms with Gasteiger partial charge in [0.1, 0.15) is 5.82 Å². The molecule has 2 saturated heterocycles. The van der Waals surface area contributed by atoms with Crippen LogP contribution < -0.4 is 5.48 Å². The Labute approximate surface area is 122 Å². The van der Waals surface area contributed by atoms with E-state index < -0.39 is 11.7 Å². The summed E-state index contributed by atoms with van der Waals surface area (Å²) in [5.74, 6) is -1.16. The molecular weight excluding hydrogens is 275 g/mol. The number of hydrogen-bond acceptors (Lipinski definition) is 4. The van der Waals surface area contributed by atoms with E-state index in [1.165, 1.54) is 11.5 Å². The van der Waals surface area contributed by atoms with Crippen LogP contribution in [0.5, 0.6) is 0 Å². The zero-order valence-corrected chi connectivity index (χ0v) is 11.6. The van der Waals surface area contributed by atoms with Gasteiger partial charge in [-0.3, -0.25) is 14.9 Å². The minimum Gasteiger partial charge on any atom is -0.393 e. The van der Waals surface area contributed by atoms with Gasteiger partial charge < -0.3 is 5.11 Å². The van der Waals surface area contributed by atoms with E-state index in [-0.39, 0.29) is 11.7 Å². The van der Waals surface area contributed by atoms with Crippen molar-refractivity contribution in [2.45, 2.75) is 50.4 Å². The summed E-state index contributed by atoms with van der Waals surface area (Å²) in [5.41, 5.74) is 2.13. The Kier molecular flexibility index (Phi) is 3.93. The lowest BCUT2D eigenvalue weighted by Gasteiger charge is -2.37. The molecule has 2 fully saturated rings. The van der Waals surface area contributed by atoms with Gasteiger partial charge in [-0.2, -0.15) is 0 Å². The first-order valence-corrected chi connectivity index (χ1v) is 7.25. The molecule has 2 atom stereocenters. The van der Waals surface area contributed by atoms with Crippen molar-refractivity contribution in [2.24, 2.45) is 0 Å². The molecular formula is C15H19FN2O3. The van der Waals surface area contributed by atoms with Crippen molar-refractivity contribution in [3.8, 4) is 0 Å². The van der Waals surface area contributed by atoms with E-state index >= 15 is 0 Å². The van der Waals surface area contributed by atoms with Gasteiger partial charge in [-0.05, 0) is 37.8 Å². The first kappa shape index (κ1) is 14.4. The molecule has 3 rings (SSSR count). The van der Waals surface area contributed by atoms with Gasteiger partial charge in [0.05, 0.1) is 6.10 Å². The summed E-state index contributed by atoms with van der Waals surface area (Å²) in [7, 11) is 0. The Morgan fingerprint density at radius 1 is 1.33 bits per heavy atom. The number of nitrogens with one attached hydrogen (secondary N) is 1. The number of carbonyl (C=O) groups excluding carboxylic acids is 1. The standard InChI is InChI=1S/C15H19FN2O3/c16-14-5-9(15(20)17-21)1-2-10(14)8-18-11-3-4-12(18)7-13(19)6-11/h1-2,5,11-13,19,21H,3-4,6-8H2,(H,17,20). The molecule has 0 saturated carbocycles. The topological polar surface area (TPSA) is 72.8 Å². The maximum Gasteiger partial charge on any atom is 0.274 e. The van der Waals surface area contributed by atoms with E-state index in [0.717, 1.165) is 31.7 Å². The molecule has 0 radical (unpaired) electrons. The van der Waals surface area contributed by atoms with Gasteiger partial charge in [0.25, 0.3) is 5.91 Å². The first-order chi connectivity index (χ1) is 10.1. The molecule has 2 heterocycles. The maximum atomic E-state index is 14.1. The van der Waals surface area contributed by atoms with Crippen LogP contribution in [0.15, 0.2) is 18.2 Å². The van der Waals surface area contributed by atoms with Gasteiger partial charge in [0.2, 0.25) is 0 Å². The molecule has 1 aromatic carbocycles. The lowest BCUT2D eigenvalue weighted by molar-refractivity contribution is 0.0305.